The van der Waals surface area contributed by atoms with Crippen molar-refractivity contribution in [2.45, 2.75) is 31.9 Å². The largest absolute Gasteiger partial charge is 0.487 e. The molecule has 1 saturated heterocycles. The van der Waals surface area contributed by atoms with E-state index in [1.165, 1.54) is 0 Å². The first-order valence-electron chi connectivity index (χ1n) is 7.66. The normalized spacial score (nSPS) is 22.3. The van der Waals surface area contributed by atoms with Crippen LogP contribution in [0.1, 0.15) is 31.9 Å². The number of urea groups is 1. The molecule has 1 aromatic carbocycles. The number of halogens is 1. The number of hydrogen-bond donors (Lipinski definition) is 2. The van der Waals surface area contributed by atoms with Crippen molar-refractivity contribution in [2.75, 3.05) is 32.0 Å². The number of nitrogens with zero attached hydrogens (tertiary/aromatic N) is 1. The lowest BCUT2D eigenvalue weighted by atomic mass is 9.89. The number of nitrogens with one attached hydrogen (secondary N) is 1. The molecular weight excluding hydrogens is 318 g/mol. The Bertz CT molecular complexity index is 574. The first-order chi connectivity index (χ1) is 10.4. The van der Waals surface area contributed by atoms with E-state index in [4.69, 9.17) is 15.2 Å². The number of fused-ring (bicyclic) bond motifs is 1. The molecule has 3 rings (SSSR count). The summed E-state index contributed by atoms with van der Waals surface area (Å²) in [5.74, 6) is 0.790. The Morgan fingerprint density at radius 3 is 2.74 bits per heavy atom. The van der Waals surface area contributed by atoms with Gasteiger partial charge in [-0.15, -0.1) is 12.4 Å². The van der Waals surface area contributed by atoms with Gasteiger partial charge in [0.25, 0.3) is 0 Å². The van der Waals surface area contributed by atoms with E-state index in [1.54, 1.807) is 4.90 Å². The van der Waals surface area contributed by atoms with Crippen LogP contribution in [0, 0.1) is 0 Å². The minimum atomic E-state index is -0.327. The van der Waals surface area contributed by atoms with Crippen LogP contribution < -0.4 is 15.8 Å². The Labute approximate surface area is 142 Å². The summed E-state index contributed by atoms with van der Waals surface area (Å²) < 4.78 is 11.3. The minimum Gasteiger partial charge on any atom is -0.487 e. The molecule has 23 heavy (non-hydrogen) atoms. The van der Waals surface area contributed by atoms with E-state index in [1.807, 2.05) is 32.0 Å². The number of nitrogens with two attached hydrogens (primary N) is 1. The fourth-order valence-corrected chi connectivity index (χ4v) is 3.01. The van der Waals surface area contributed by atoms with E-state index in [0.717, 1.165) is 11.3 Å². The Kier molecular flexibility index (Phi) is 5.26. The summed E-state index contributed by atoms with van der Waals surface area (Å²) in [4.78, 5) is 14.2. The Morgan fingerprint density at radius 2 is 2.04 bits per heavy atom. The van der Waals surface area contributed by atoms with E-state index >= 15 is 0 Å². The van der Waals surface area contributed by atoms with Crippen molar-refractivity contribution < 1.29 is 14.3 Å². The topological polar surface area (TPSA) is 76.8 Å². The van der Waals surface area contributed by atoms with E-state index in [0.29, 0.717) is 38.4 Å². The number of rotatable bonds is 1. The zero-order chi connectivity index (χ0) is 15.7. The standard InChI is InChI=1S/C16H23N3O3.ClH/c1-16(2)10-13(12-9-11(17)3-4-14(12)22-16)18-15(20)19-5-7-21-8-6-19;/h3-4,9,13H,5-8,10,17H2,1-2H3,(H,18,20);1H. The zero-order valence-corrected chi connectivity index (χ0v) is 14.3. The van der Waals surface area contributed by atoms with Gasteiger partial charge in [0.1, 0.15) is 11.4 Å². The molecular formula is C16H24ClN3O3. The highest BCUT2D eigenvalue weighted by molar-refractivity contribution is 5.85. The second-order valence-electron chi connectivity index (χ2n) is 6.46. The van der Waals surface area contributed by atoms with Crippen LogP contribution >= 0.6 is 12.4 Å². The zero-order valence-electron chi connectivity index (χ0n) is 13.5. The summed E-state index contributed by atoms with van der Waals surface area (Å²) in [6, 6.07) is 5.42. The highest BCUT2D eigenvalue weighted by atomic mass is 35.5. The van der Waals surface area contributed by atoms with E-state index in [-0.39, 0.29) is 30.1 Å². The molecule has 7 heteroatoms. The van der Waals surface area contributed by atoms with Gasteiger partial charge in [-0.2, -0.15) is 0 Å². The molecule has 3 N–H and O–H groups in total. The lowest BCUT2D eigenvalue weighted by Gasteiger charge is -2.39. The summed E-state index contributed by atoms with van der Waals surface area (Å²) >= 11 is 0. The molecule has 2 amide bonds. The highest BCUT2D eigenvalue weighted by Crippen LogP contribution is 2.40. The molecule has 6 nitrogen and oxygen atoms in total. The molecule has 2 aliphatic rings. The summed E-state index contributed by atoms with van der Waals surface area (Å²) in [6.45, 7) is 6.50. The molecule has 0 spiro atoms. The Balaban J connectivity index is 0.00000192. The van der Waals surface area contributed by atoms with Gasteiger partial charge in [0.15, 0.2) is 0 Å². The number of nitrogen functional groups attached to an aromatic ring is 1. The number of amides is 2. The van der Waals surface area contributed by atoms with Crippen LogP contribution in [0.2, 0.25) is 0 Å². The molecule has 0 saturated carbocycles. The van der Waals surface area contributed by atoms with Gasteiger partial charge >= 0.3 is 6.03 Å². The Morgan fingerprint density at radius 1 is 1.35 bits per heavy atom. The van der Waals surface area contributed by atoms with Crippen molar-refractivity contribution in [3.63, 3.8) is 0 Å². The number of morpholine rings is 1. The van der Waals surface area contributed by atoms with Crippen molar-refractivity contribution in [2.24, 2.45) is 0 Å². The van der Waals surface area contributed by atoms with Gasteiger partial charge in [-0.25, -0.2) is 4.79 Å². The first kappa shape index (κ1) is 17.7. The smallest absolute Gasteiger partial charge is 0.318 e. The molecule has 0 aliphatic carbocycles. The summed E-state index contributed by atoms with van der Waals surface area (Å²) in [6.07, 6.45) is 0.708. The van der Waals surface area contributed by atoms with Crippen LogP contribution in [0.4, 0.5) is 10.5 Å². The molecule has 0 radical (unpaired) electrons. The van der Waals surface area contributed by atoms with Crippen LogP contribution in [-0.2, 0) is 4.74 Å². The number of hydrogen-bond acceptors (Lipinski definition) is 4. The fraction of sp³-hybridized carbons (Fsp3) is 0.562. The molecule has 0 bridgehead atoms. The number of ether oxygens (including phenoxy) is 2. The lowest BCUT2D eigenvalue weighted by Crippen LogP contribution is -2.49. The van der Waals surface area contributed by atoms with Crippen LogP contribution in [0.3, 0.4) is 0 Å². The van der Waals surface area contributed by atoms with Crippen molar-refractivity contribution in [3.05, 3.63) is 23.8 Å². The van der Waals surface area contributed by atoms with E-state index in [9.17, 15) is 4.79 Å². The molecule has 1 fully saturated rings. The maximum atomic E-state index is 12.5. The van der Waals surface area contributed by atoms with Gasteiger partial charge in [-0.1, -0.05) is 0 Å². The van der Waals surface area contributed by atoms with Gasteiger partial charge in [0, 0.05) is 30.8 Å². The molecule has 128 valence electrons. The molecule has 2 heterocycles. The third-order valence-electron chi connectivity index (χ3n) is 4.09. The first-order valence-corrected chi connectivity index (χ1v) is 7.66. The third-order valence-corrected chi connectivity index (χ3v) is 4.09. The van der Waals surface area contributed by atoms with Crippen molar-refractivity contribution in [1.82, 2.24) is 10.2 Å². The summed E-state index contributed by atoms with van der Waals surface area (Å²) in [5, 5.41) is 3.12. The van der Waals surface area contributed by atoms with Crippen LogP contribution in [-0.4, -0.2) is 42.8 Å². The third kappa shape index (κ3) is 4.00. The number of carbonyl (C=O) groups excluding carboxylic acids is 1. The van der Waals surface area contributed by atoms with Gasteiger partial charge < -0.3 is 25.4 Å². The van der Waals surface area contributed by atoms with Gasteiger partial charge in [0.05, 0.1) is 19.3 Å². The molecule has 1 aromatic rings. The number of benzene rings is 1. The second-order valence-corrected chi connectivity index (χ2v) is 6.46. The molecule has 0 aromatic heterocycles. The van der Waals surface area contributed by atoms with Crippen molar-refractivity contribution in [3.8, 4) is 5.75 Å². The predicted octanol–water partition coefficient (Wildman–Crippen LogP) is 2.33. The maximum absolute atomic E-state index is 12.5. The number of carbonyl (C=O) groups is 1. The highest BCUT2D eigenvalue weighted by Gasteiger charge is 2.35. The quantitative estimate of drug-likeness (QED) is 0.769. The molecule has 1 unspecified atom stereocenters. The predicted molar refractivity (Wildman–Crippen MR) is 91.1 cm³/mol. The molecule has 2 aliphatic heterocycles. The maximum Gasteiger partial charge on any atom is 0.318 e. The van der Waals surface area contributed by atoms with E-state index < -0.39 is 0 Å². The van der Waals surface area contributed by atoms with Gasteiger partial charge in [-0.05, 0) is 32.0 Å². The Hall–Kier alpha value is -1.66. The number of anilines is 1. The second kappa shape index (κ2) is 6.84. The van der Waals surface area contributed by atoms with Crippen molar-refractivity contribution in [1.29, 1.82) is 0 Å². The van der Waals surface area contributed by atoms with Crippen LogP contribution in [0.25, 0.3) is 0 Å². The fourth-order valence-electron chi connectivity index (χ4n) is 3.01. The van der Waals surface area contributed by atoms with Gasteiger partial charge in [-0.3, -0.25) is 0 Å². The minimum absolute atomic E-state index is 0. The molecule has 1 atom stereocenters. The van der Waals surface area contributed by atoms with Crippen molar-refractivity contribution >= 4 is 24.1 Å². The van der Waals surface area contributed by atoms with E-state index in [2.05, 4.69) is 5.32 Å². The average molecular weight is 342 g/mol. The monoisotopic (exact) mass is 341 g/mol. The average Bonchev–Trinajstić information content (AvgIpc) is 2.48. The summed E-state index contributed by atoms with van der Waals surface area (Å²) in [7, 11) is 0. The van der Waals surface area contributed by atoms with Gasteiger partial charge in [0.2, 0.25) is 0 Å². The van der Waals surface area contributed by atoms with Crippen LogP contribution in [0.15, 0.2) is 18.2 Å². The lowest BCUT2D eigenvalue weighted by molar-refractivity contribution is 0.0466. The SMILES string of the molecule is CC1(C)CC(NC(=O)N2CCOCC2)c2cc(N)ccc2O1.Cl. The summed E-state index contributed by atoms with van der Waals surface area (Å²) in [5.41, 5.74) is 7.18. The van der Waals surface area contributed by atoms with Crippen LogP contribution in [0.5, 0.6) is 5.75 Å².